The van der Waals surface area contributed by atoms with Crippen LogP contribution in [0.1, 0.15) is 19.3 Å². The van der Waals surface area contributed by atoms with E-state index >= 15 is 0 Å². The summed E-state index contributed by atoms with van der Waals surface area (Å²) in [4.78, 5) is 16.0. The smallest absolute Gasteiger partial charge is 0.224 e. The molecule has 0 aliphatic carbocycles. The summed E-state index contributed by atoms with van der Waals surface area (Å²) in [6.07, 6.45) is 4.19. The molecule has 21 heavy (non-hydrogen) atoms. The molecule has 1 aliphatic heterocycles. The molecule has 1 aromatic heterocycles. The minimum absolute atomic E-state index is 0.0781. The van der Waals surface area contributed by atoms with Gasteiger partial charge in [-0.1, -0.05) is 0 Å². The second kappa shape index (κ2) is 6.49. The van der Waals surface area contributed by atoms with Crippen molar-refractivity contribution in [2.24, 2.45) is 5.92 Å². The zero-order chi connectivity index (χ0) is 14.5. The van der Waals surface area contributed by atoms with E-state index in [2.05, 4.69) is 25.8 Å². The average molecular weight is 285 g/mol. The van der Waals surface area contributed by atoms with Crippen LogP contribution in [-0.4, -0.2) is 34.2 Å². The van der Waals surface area contributed by atoms with E-state index < -0.39 is 0 Å². The average Bonchev–Trinajstić information content (AvgIpc) is 3.19. The first-order valence-electron chi connectivity index (χ1n) is 7.27. The molecule has 110 valence electrons. The van der Waals surface area contributed by atoms with Gasteiger partial charge in [0.1, 0.15) is 6.33 Å². The third-order valence-corrected chi connectivity index (χ3v) is 3.80. The Bertz CT molecular complexity index is 573. The van der Waals surface area contributed by atoms with E-state index in [1.54, 1.807) is 0 Å². The number of benzene rings is 1. The molecule has 6 nitrogen and oxygen atoms in total. The minimum Gasteiger partial charge on any atom is -0.326 e. The Hall–Kier alpha value is -2.21. The third-order valence-electron chi connectivity index (χ3n) is 3.80. The molecule has 0 spiro atoms. The molecule has 0 bridgehead atoms. The van der Waals surface area contributed by atoms with Gasteiger partial charge in [-0.25, -0.2) is 4.98 Å². The molecule has 1 atom stereocenters. The number of carbonyl (C=O) groups excluding carboxylic acids is 1. The molecule has 1 amide bonds. The first kappa shape index (κ1) is 13.8. The molecule has 0 saturated carbocycles. The van der Waals surface area contributed by atoms with Crippen molar-refractivity contribution in [2.75, 3.05) is 18.4 Å². The molecular formula is C15H19N5O. The van der Waals surface area contributed by atoms with E-state index in [-0.39, 0.29) is 5.91 Å². The van der Waals surface area contributed by atoms with Crippen LogP contribution in [0.3, 0.4) is 0 Å². The number of aromatic nitrogens is 3. The molecule has 1 aromatic carbocycles. The third kappa shape index (κ3) is 3.66. The molecule has 3 N–H and O–H groups in total. The summed E-state index contributed by atoms with van der Waals surface area (Å²) in [7, 11) is 0. The highest BCUT2D eigenvalue weighted by molar-refractivity contribution is 5.90. The number of nitrogens with zero attached hydrogens (tertiary/aromatic N) is 2. The van der Waals surface area contributed by atoms with Crippen LogP contribution in [0.4, 0.5) is 5.69 Å². The number of nitrogens with one attached hydrogen (secondary N) is 3. The van der Waals surface area contributed by atoms with Crippen molar-refractivity contribution in [3.63, 3.8) is 0 Å². The number of anilines is 1. The highest BCUT2D eigenvalue weighted by atomic mass is 16.1. The van der Waals surface area contributed by atoms with Gasteiger partial charge < -0.3 is 10.6 Å². The molecule has 1 fully saturated rings. The molecule has 2 heterocycles. The topological polar surface area (TPSA) is 82.7 Å². The maximum atomic E-state index is 11.9. The molecule has 3 rings (SSSR count). The summed E-state index contributed by atoms with van der Waals surface area (Å²) in [5, 5.41) is 12.9. The van der Waals surface area contributed by atoms with Gasteiger partial charge in [0.15, 0.2) is 5.82 Å². The maximum Gasteiger partial charge on any atom is 0.224 e. The summed E-state index contributed by atoms with van der Waals surface area (Å²) in [6.45, 7) is 2.12. The van der Waals surface area contributed by atoms with Gasteiger partial charge in [0.25, 0.3) is 0 Å². The Morgan fingerprint density at radius 2 is 2.19 bits per heavy atom. The summed E-state index contributed by atoms with van der Waals surface area (Å²) in [5.41, 5.74) is 1.76. The summed E-state index contributed by atoms with van der Waals surface area (Å²) < 4.78 is 0. The van der Waals surface area contributed by atoms with Crippen LogP contribution in [0.15, 0.2) is 30.6 Å². The van der Waals surface area contributed by atoms with E-state index in [0.29, 0.717) is 12.3 Å². The zero-order valence-electron chi connectivity index (χ0n) is 11.8. The number of aromatic amines is 1. The lowest BCUT2D eigenvalue weighted by Crippen LogP contribution is -2.14. The Morgan fingerprint density at radius 1 is 1.33 bits per heavy atom. The standard InChI is InChI=1S/C15H19N5O/c21-14(6-1-11-7-8-16-9-11)19-13-4-2-12(3-5-13)15-17-10-18-20-15/h2-5,10-11,16H,1,6-9H2,(H,19,21)(H,17,18,20). The van der Waals surface area contributed by atoms with Crippen LogP contribution in [0, 0.1) is 5.92 Å². The zero-order valence-corrected chi connectivity index (χ0v) is 11.8. The predicted octanol–water partition coefficient (Wildman–Crippen LogP) is 1.80. The van der Waals surface area contributed by atoms with Crippen molar-refractivity contribution in [3.8, 4) is 11.4 Å². The molecular weight excluding hydrogens is 266 g/mol. The number of H-pyrrole nitrogens is 1. The minimum atomic E-state index is 0.0781. The first-order valence-corrected chi connectivity index (χ1v) is 7.27. The van der Waals surface area contributed by atoms with Crippen LogP contribution in [-0.2, 0) is 4.79 Å². The number of hydrogen-bond donors (Lipinski definition) is 3. The summed E-state index contributed by atoms with van der Waals surface area (Å²) in [5.74, 6) is 1.44. The number of rotatable bonds is 5. The second-order valence-corrected chi connectivity index (χ2v) is 5.36. The monoisotopic (exact) mass is 285 g/mol. The Labute approximate surface area is 123 Å². The Kier molecular flexibility index (Phi) is 4.25. The van der Waals surface area contributed by atoms with Crippen LogP contribution < -0.4 is 10.6 Å². The fourth-order valence-corrected chi connectivity index (χ4v) is 2.58. The van der Waals surface area contributed by atoms with Gasteiger partial charge in [0.2, 0.25) is 5.91 Å². The van der Waals surface area contributed by atoms with Crippen LogP contribution in [0.5, 0.6) is 0 Å². The normalized spacial score (nSPS) is 17.8. The molecule has 6 heteroatoms. The fourth-order valence-electron chi connectivity index (χ4n) is 2.58. The Balaban J connectivity index is 1.51. The van der Waals surface area contributed by atoms with Crippen LogP contribution in [0.25, 0.3) is 11.4 Å². The van der Waals surface area contributed by atoms with Gasteiger partial charge in [-0.3, -0.25) is 9.89 Å². The number of hydrogen-bond acceptors (Lipinski definition) is 4. The molecule has 2 aromatic rings. The molecule has 1 saturated heterocycles. The SMILES string of the molecule is O=C(CCC1CCNC1)Nc1ccc(-c2ncn[nH]2)cc1. The highest BCUT2D eigenvalue weighted by Gasteiger charge is 2.15. The van der Waals surface area contributed by atoms with Crippen molar-refractivity contribution >= 4 is 11.6 Å². The van der Waals surface area contributed by atoms with Crippen LogP contribution >= 0.6 is 0 Å². The fraction of sp³-hybridized carbons (Fsp3) is 0.400. The first-order chi connectivity index (χ1) is 10.3. The highest BCUT2D eigenvalue weighted by Crippen LogP contribution is 2.18. The molecule has 1 aliphatic rings. The van der Waals surface area contributed by atoms with E-state index in [0.717, 1.165) is 36.6 Å². The van der Waals surface area contributed by atoms with Gasteiger partial charge in [-0.05, 0) is 56.1 Å². The summed E-state index contributed by atoms with van der Waals surface area (Å²) in [6, 6.07) is 7.59. The van der Waals surface area contributed by atoms with Gasteiger partial charge in [0.05, 0.1) is 0 Å². The van der Waals surface area contributed by atoms with E-state index in [9.17, 15) is 4.79 Å². The lowest BCUT2D eigenvalue weighted by Gasteiger charge is -2.09. The largest absolute Gasteiger partial charge is 0.326 e. The molecule has 1 unspecified atom stereocenters. The lowest BCUT2D eigenvalue weighted by atomic mass is 10.0. The van der Waals surface area contributed by atoms with Crippen molar-refractivity contribution < 1.29 is 4.79 Å². The number of amides is 1. The number of carbonyl (C=O) groups is 1. The van der Waals surface area contributed by atoms with E-state index in [4.69, 9.17) is 0 Å². The van der Waals surface area contributed by atoms with E-state index in [1.165, 1.54) is 12.7 Å². The second-order valence-electron chi connectivity index (χ2n) is 5.36. The maximum absolute atomic E-state index is 11.9. The molecule has 0 radical (unpaired) electrons. The van der Waals surface area contributed by atoms with E-state index in [1.807, 2.05) is 24.3 Å². The van der Waals surface area contributed by atoms with Crippen LogP contribution in [0.2, 0.25) is 0 Å². The Morgan fingerprint density at radius 3 is 2.86 bits per heavy atom. The van der Waals surface area contributed by atoms with Crippen molar-refractivity contribution in [2.45, 2.75) is 19.3 Å². The van der Waals surface area contributed by atoms with Gasteiger partial charge in [-0.2, -0.15) is 5.10 Å². The predicted molar refractivity (Wildman–Crippen MR) is 80.7 cm³/mol. The summed E-state index contributed by atoms with van der Waals surface area (Å²) >= 11 is 0. The van der Waals surface area contributed by atoms with Crippen molar-refractivity contribution in [3.05, 3.63) is 30.6 Å². The van der Waals surface area contributed by atoms with Gasteiger partial charge in [-0.15, -0.1) is 0 Å². The van der Waals surface area contributed by atoms with Crippen molar-refractivity contribution in [1.29, 1.82) is 0 Å². The van der Waals surface area contributed by atoms with Gasteiger partial charge in [0, 0.05) is 17.7 Å². The quantitative estimate of drug-likeness (QED) is 0.782. The van der Waals surface area contributed by atoms with Crippen molar-refractivity contribution in [1.82, 2.24) is 20.5 Å². The van der Waals surface area contributed by atoms with Gasteiger partial charge >= 0.3 is 0 Å². The lowest BCUT2D eigenvalue weighted by molar-refractivity contribution is -0.116.